The van der Waals surface area contributed by atoms with Crippen molar-refractivity contribution >= 4 is 5.91 Å². The SMILES string of the molecule is CC1(C)OCC(CNC2CC(=O)N3CCCC23)O1. The molecule has 102 valence electrons. The largest absolute Gasteiger partial charge is 0.348 e. The zero-order valence-electron chi connectivity index (χ0n) is 11.1. The molecule has 1 amide bonds. The molecule has 3 fully saturated rings. The minimum atomic E-state index is -0.461. The Morgan fingerprint density at radius 2 is 2.33 bits per heavy atom. The Balaban J connectivity index is 1.51. The summed E-state index contributed by atoms with van der Waals surface area (Å²) in [5.74, 6) is -0.157. The van der Waals surface area contributed by atoms with Gasteiger partial charge in [-0.05, 0) is 26.7 Å². The number of carbonyl (C=O) groups excluding carboxylic acids is 1. The quantitative estimate of drug-likeness (QED) is 0.796. The Morgan fingerprint density at radius 1 is 1.50 bits per heavy atom. The van der Waals surface area contributed by atoms with Crippen LogP contribution in [0.3, 0.4) is 0 Å². The molecule has 5 nitrogen and oxygen atoms in total. The lowest BCUT2D eigenvalue weighted by molar-refractivity contribution is -0.138. The van der Waals surface area contributed by atoms with Crippen LogP contribution in [-0.2, 0) is 14.3 Å². The van der Waals surface area contributed by atoms with Gasteiger partial charge >= 0.3 is 0 Å². The van der Waals surface area contributed by atoms with Gasteiger partial charge in [0.2, 0.25) is 5.91 Å². The minimum Gasteiger partial charge on any atom is -0.348 e. The fourth-order valence-corrected chi connectivity index (χ4v) is 3.32. The number of hydrogen-bond acceptors (Lipinski definition) is 4. The van der Waals surface area contributed by atoms with E-state index in [2.05, 4.69) is 5.32 Å². The molecular formula is C13H22N2O3. The molecule has 3 aliphatic heterocycles. The summed E-state index contributed by atoms with van der Waals surface area (Å²) in [5, 5.41) is 3.50. The first-order valence-electron chi connectivity index (χ1n) is 6.90. The van der Waals surface area contributed by atoms with Gasteiger partial charge < -0.3 is 19.7 Å². The number of amides is 1. The third kappa shape index (κ3) is 2.27. The average Bonchev–Trinajstić information content (AvgIpc) is 2.95. The summed E-state index contributed by atoms with van der Waals surface area (Å²) in [6.45, 7) is 6.22. The molecular weight excluding hydrogens is 232 g/mol. The molecule has 3 atom stereocenters. The number of ether oxygens (including phenoxy) is 2. The molecule has 0 saturated carbocycles. The van der Waals surface area contributed by atoms with E-state index in [1.165, 1.54) is 0 Å². The highest BCUT2D eigenvalue weighted by Gasteiger charge is 2.42. The molecule has 3 saturated heterocycles. The maximum absolute atomic E-state index is 11.8. The number of rotatable bonds is 3. The van der Waals surface area contributed by atoms with Crippen molar-refractivity contribution in [3.63, 3.8) is 0 Å². The van der Waals surface area contributed by atoms with Gasteiger partial charge in [0.05, 0.1) is 12.7 Å². The molecule has 1 N–H and O–H groups in total. The third-order valence-corrected chi connectivity index (χ3v) is 4.15. The van der Waals surface area contributed by atoms with Crippen molar-refractivity contribution in [2.75, 3.05) is 19.7 Å². The van der Waals surface area contributed by atoms with Crippen LogP contribution in [-0.4, -0.2) is 54.5 Å². The highest BCUT2D eigenvalue weighted by Crippen LogP contribution is 2.29. The van der Waals surface area contributed by atoms with Crippen molar-refractivity contribution in [2.45, 2.75) is 57.1 Å². The molecule has 18 heavy (non-hydrogen) atoms. The van der Waals surface area contributed by atoms with Crippen LogP contribution in [0.15, 0.2) is 0 Å². The molecule has 5 heteroatoms. The molecule has 3 aliphatic rings. The number of hydrogen-bond donors (Lipinski definition) is 1. The second kappa shape index (κ2) is 4.47. The fourth-order valence-electron chi connectivity index (χ4n) is 3.32. The number of nitrogens with one attached hydrogen (secondary N) is 1. The van der Waals surface area contributed by atoms with Crippen LogP contribution < -0.4 is 5.32 Å². The van der Waals surface area contributed by atoms with Gasteiger partial charge in [-0.15, -0.1) is 0 Å². The van der Waals surface area contributed by atoms with Gasteiger partial charge in [0, 0.05) is 31.6 Å². The summed E-state index contributed by atoms with van der Waals surface area (Å²) in [6.07, 6.45) is 3.02. The van der Waals surface area contributed by atoms with E-state index in [-0.39, 0.29) is 6.10 Å². The van der Waals surface area contributed by atoms with Crippen molar-refractivity contribution < 1.29 is 14.3 Å². The first-order chi connectivity index (χ1) is 8.55. The zero-order valence-corrected chi connectivity index (χ0v) is 11.1. The van der Waals surface area contributed by atoms with Gasteiger partial charge in [-0.1, -0.05) is 0 Å². The van der Waals surface area contributed by atoms with Crippen LogP contribution in [0, 0.1) is 0 Å². The van der Waals surface area contributed by atoms with Crippen LogP contribution >= 0.6 is 0 Å². The van der Waals surface area contributed by atoms with Crippen LogP contribution in [0.4, 0.5) is 0 Å². The molecule has 0 spiro atoms. The summed E-state index contributed by atoms with van der Waals surface area (Å²) in [7, 11) is 0. The Morgan fingerprint density at radius 3 is 3.06 bits per heavy atom. The minimum absolute atomic E-state index is 0.102. The first kappa shape index (κ1) is 12.4. The number of carbonyl (C=O) groups is 1. The monoisotopic (exact) mass is 254 g/mol. The Bertz CT molecular complexity index is 345. The van der Waals surface area contributed by atoms with E-state index >= 15 is 0 Å². The molecule has 3 heterocycles. The highest BCUT2D eigenvalue weighted by atomic mass is 16.7. The molecule has 3 unspecified atom stereocenters. The summed E-state index contributed by atoms with van der Waals surface area (Å²) in [6, 6.07) is 0.708. The van der Waals surface area contributed by atoms with E-state index in [0.717, 1.165) is 25.9 Å². The maximum atomic E-state index is 11.8. The van der Waals surface area contributed by atoms with Crippen LogP contribution in [0.5, 0.6) is 0 Å². The molecule has 0 aliphatic carbocycles. The van der Waals surface area contributed by atoms with Crippen molar-refractivity contribution in [3.8, 4) is 0 Å². The standard InChI is InChI=1S/C13H22N2O3/c1-13(2)17-8-9(18-13)7-14-10-6-12(16)15-5-3-4-11(10)15/h9-11,14H,3-8H2,1-2H3. The van der Waals surface area contributed by atoms with Gasteiger partial charge in [-0.2, -0.15) is 0 Å². The van der Waals surface area contributed by atoms with Crippen molar-refractivity contribution in [1.82, 2.24) is 10.2 Å². The van der Waals surface area contributed by atoms with Crippen LogP contribution in [0.2, 0.25) is 0 Å². The topological polar surface area (TPSA) is 50.8 Å². The molecule has 0 aromatic rings. The fraction of sp³-hybridized carbons (Fsp3) is 0.923. The third-order valence-electron chi connectivity index (χ3n) is 4.15. The van der Waals surface area contributed by atoms with Gasteiger partial charge in [-0.3, -0.25) is 4.79 Å². The van der Waals surface area contributed by atoms with Gasteiger partial charge in [0.25, 0.3) is 0 Å². The summed E-state index contributed by atoms with van der Waals surface area (Å²) in [5.41, 5.74) is 0. The Hall–Kier alpha value is -0.650. The lowest BCUT2D eigenvalue weighted by Gasteiger charge is -2.23. The van der Waals surface area contributed by atoms with E-state index in [1.54, 1.807) is 0 Å². The predicted octanol–water partition coefficient (Wildman–Crippen LogP) is 0.491. The maximum Gasteiger partial charge on any atom is 0.224 e. The molecule has 0 aromatic heterocycles. The van der Waals surface area contributed by atoms with E-state index < -0.39 is 5.79 Å². The van der Waals surface area contributed by atoms with Crippen molar-refractivity contribution in [3.05, 3.63) is 0 Å². The average molecular weight is 254 g/mol. The first-order valence-corrected chi connectivity index (χ1v) is 6.90. The van der Waals surface area contributed by atoms with E-state index in [4.69, 9.17) is 9.47 Å². The van der Waals surface area contributed by atoms with E-state index in [1.807, 2.05) is 18.7 Å². The Kier molecular flexibility index (Phi) is 3.08. The van der Waals surface area contributed by atoms with E-state index in [0.29, 0.717) is 31.0 Å². The van der Waals surface area contributed by atoms with Crippen LogP contribution in [0.25, 0.3) is 0 Å². The van der Waals surface area contributed by atoms with Gasteiger partial charge in [-0.25, -0.2) is 0 Å². The summed E-state index contributed by atoms with van der Waals surface area (Å²) < 4.78 is 11.3. The molecule has 0 aromatic carbocycles. The molecule has 3 rings (SSSR count). The normalized spacial score (nSPS) is 38.4. The smallest absolute Gasteiger partial charge is 0.224 e. The molecule has 0 radical (unpaired) electrons. The zero-order chi connectivity index (χ0) is 12.8. The second-order valence-electron chi connectivity index (χ2n) is 5.97. The summed E-state index contributed by atoms with van der Waals surface area (Å²) >= 11 is 0. The predicted molar refractivity (Wildman–Crippen MR) is 66.0 cm³/mol. The number of nitrogens with zero attached hydrogens (tertiary/aromatic N) is 1. The second-order valence-corrected chi connectivity index (χ2v) is 5.97. The Labute approximate surface area is 108 Å². The van der Waals surface area contributed by atoms with Crippen molar-refractivity contribution in [2.24, 2.45) is 0 Å². The lowest BCUT2D eigenvalue weighted by Crippen LogP contribution is -2.43. The highest BCUT2D eigenvalue weighted by molar-refractivity contribution is 5.80. The number of fused-ring (bicyclic) bond motifs is 1. The molecule has 0 bridgehead atoms. The summed E-state index contributed by atoms with van der Waals surface area (Å²) in [4.78, 5) is 13.8. The van der Waals surface area contributed by atoms with Gasteiger partial charge in [0.15, 0.2) is 5.79 Å². The van der Waals surface area contributed by atoms with E-state index in [9.17, 15) is 4.79 Å². The van der Waals surface area contributed by atoms with Gasteiger partial charge in [0.1, 0.15) is 0 Å². The lowest BCUT2D eigenvalue weighted by atomic mass is 10.1. The van der Waals surface area contributed by atoms with Crippen molar-refractivity contribution in [1.29, 1.82) is 0 Å². The van der Waals surface area contributed by atoms with Crippen LogP contribution in [0.1, 0.15) is 33.1 Å².